The van der Waals surface area contributed by atoms with Crippen LogP contribution >= 0.6 is 11.8 Å². The first kappa shape index (κ1) is 38.0. The Labute approximate surface area is 342 Å². The van der Waals surface area contributed by atoms with Gasteiger partial charge in [-0.25, -0.2) is 4.79 Å². The Morgan fingerprint density at radius 1 is 1.03 bits per heavy atom. The average molecular weight is 829 g/mol. The number of methoxy groups -OCH3 is 2. The number of rotatable bonds is 4. The Morgan fingerprint density at radius 2 is 1.81 bits per heavy atom. The fourth-order valence-electron chi connectivity index (χ4n) is 10.9. The molecule has 9 heterocycles. The van der Waals surface area contributed by atoms with Crippen LogP contribution < -0.4 is 29.0 Å². The van der Waals surface area contributed by atoms with Gasteiger partial charge in [-0.2, -0.15) is 0 Å². The van der Waals surface area contributed by atoms with Crippen molar-refractivity contribution in [3.05, 3.63) is 68.9 Å². The summed E-state index contributed by atoms with van der Waals surface area (Å²) in [6.07, 6.45) is 0.199. The number of H-pyrrole nitrogens is 1. The Hall–Kier alpha value is -5.20. The largest absolute Gasteiger partial charge is 0.504 e. The maximum atomic E-state index is 15.1. The van der Waals surface area contributed by atoms with Crippen LogP contribution in [0.1, 0.15) is 68.9 Å². The van der Waals surface area contributed by atoms with Gasteiger partial charge >= 0.3 is 17.9 Å². The van der Waals surface area contributed by atoms with Crippen LogP contribution in [0.3, 0.4) is 0 Å². The normalized spacial score (nSPS) is 30.2. The average Bonchev–Trinajstić information content (AvgIpc) is 3.78. The first-order valence-electron chi connectivity index (χ1n) is 19.4. The van der Waals surface area contributed by atoms with E-state index in [0.717, 1.165) is 10.9 Å². The Bertz CT molecular complexity index is 2520. The van der Waals surface area contributed by atoms with E-state index in [9.17, 15) is 24.9 Å². The monoisotopic (exact) mass is 828 g/mol. The molecule has 310 valence electrons. The highest BCUT2D eigenvalue weighted by Crippen LogP contribution is 2.65. The molecule has 2 fully saturated rings. The van der Waals surface area contributed by atoms with Gasteiger partial charge in [0.25, 0.3) is 0 Å². The number of carboxylic acids is 1. The summed E-state index contributed by atoms with van der Waals surface area (Å²) in [6.45, 7) is 4.70. The molecule has 8 aliphatic rings. The second-order valence-electron chi connectivity index (χ2n) is 16.4. The predicted octanol–water partition coefficient (Wildman–Crippen LogP) is 3.64. The summed E-state index contributed by atoms with van der Waals surface area (Å²) in [5, 5.41) is 39.1. The van der Waals surface area contributed by atoms with E-state index in [1.165, 1.54) is 25.8 Å². The summed E-state index contributed by atoms with van der Waals surface area (Å²) < 4.78 is 36.1. The minimum absolute atomic E-state index is 0.0370. The molecule has 12 rings (SSSR count). The molecule has 0 aliphatic carbocycles. The van der Waals surface area contributed by atoms with E-state index in [0.29, 0.717) is 67.6 Å². The molecule has 17 heteroatoms. The summed E-state index contributed by atoms with van der Waals surface area (Å²) in [7, 11) is 4.96. The quantitative estimate of drug-likeness (QED) is 0.147. The van der Waals surface area contributed by atoms with Crippen LogP contribution in [0.5, 0.6) is 34.5 Å². The lowest BCUT2D eigenvalue weighted by Gasteiger charge is -2.60. The van der Waals surface area contributed by atoms with E-state index < -0.39 is 58.6 Å². The summed E-state index contributed by atoms with van der Waals surface area (Å²) in [4.78, 5) is 48.5. The van der Waals surface area contributed by atoms with Gasteiger partial charge in [0.2, 0.25) is 6.79 Å². The number of thioether (sulfide) groups is 1. The number of phenols is 1. The number of esters is 2. The smallest absolute Gasteiger partial charge is 0.333 e. The number of aromatic hydroxyl groups is 1. The van der Waals surface area contributed by atoms with Crippen LogP contribution in [0.2, 0.25) is 0 Å². The number of fused-ring (bicyclic) bond motifs is 8. The summed E-state index contributed by atoms with van der Waals surface area (Å²) >= 11 is 1.35. The van der Waals surface area contributed by atoms with Crippen LogP contribution in [0.25, 0.3) is 10.9 Å². The minimum atomic E-state index is -1.71. The highest BCUT2D eigenvalue weighted by molar-refractivity contribution is 7.99. The van der Waals surface area contributed by atoms with Gasteiger partial charge in [0.1, 0.15) is 29.9 Å². The van der Waals surface area contributed by atoms with Gasteiger partial charge in [0.05, 0.1) is 37.2 Å². The van der Waals surface area contributed by atoms with Gasteiger partial charge in [0.15, 0.2) is 28.5 Å². The molecular formula is C42H44N4O12S. The topological polar surface area (TPSA) is 202 Å². The number of carboxylic acid groups (broad SMARTS) is 1. The van der Waals surface area contributed by atoms with E-state index in [2.05, 4.69) is 10.3 Å². The molecule has 16 nitrogen and oxygen atoms in total. The molecule has 5 N–H and O–H groups in total. The molecule has 4 aromatic rings. The summed E-state index contributed by atoms with van der Waals surface area (Å²) in [5.41, 5.74) is 2.25. The lowest BCUT2D eigenvalue weighted by Crippen LogP contribution is -2.70. The number of aliphatic hydroxyl groups is 1. The molecule has 0 saturated carbocycles. The standard InChI is InChI=1S/C42H44N4O12S/c1-17-9-20-12-41(52)14-45(4)30(27(20)32(48)33(17)54-6)31-37-29-28(36-35(56-16-57-36)18(2)34(29)58-19(3)47)26(46(31)41)13-55-40(51)42(15-59-37)38-23(11-25(44-42)39(49)50)22-10-21(53-5)7-8-24(22)43-38/h7-10,25-26,30-31,37,43-44,48,52H,11-16H2,1-6H3,(H,49,50)/t25-,26-,30-,31+,37+,41?,42+/m0/s1. The number of likely N-dealkylation sites (N-methyl/N-ethyl adjacent to an activating group) is 1. The Kier molecular flexibility index (Phi) is 8.48. The number of phenolic OH excluding ortho intramolecular Hbond substituents is 1. The van der Waals surface area contributed by atoms with Crippen molar-refractivity contribution < 1.29 is 58.1 Å². The van der Waals surface area contributed by atoms with Crippen molar-refractivity contribution in [1.29, 1.82) is 0 Å². The number of nitrogens with one attached hydrogen (secondary N) is 2. The van der Waals surface area contributed by atoms with Crippen LogP contribution in [-0.4, -0.2) is 113 Å². The van der Waals surface area contributed by atoms with Gasteiger partial charge in [0, 0.05) is 71.3 Å². The van der Waals surface area contributed by atoms with E-state index in [4.69, 9.17) is 28.4 Å². The summed E-state index contributed by atoms with van der Waals surface area (Å²) in [6, 6.07) is 4.06. The molecule has 1 aromatic heterocycles. The number of aryl methyl sites for hydroxylation is 1. The number of aliphatic carboxylic acids is 1. The lowest BCUT2D eigenvalue weighted by atomic mass is 9.78. The molecule has 8 atom stereocenters. The molecule has 0 radical (unpaired) electrons. The minimum Gasteiger partial charge on any atom is -0.504 e. The van der Waals surface area contributed by atoms with E-state index >= 15 is 4.79 Å². The molecule has 2 unspecified atom stereocenters. The zero-order chi connectivity index (χ0) is 41.4. The second kappa shape index (κ2) is 13.1. The number of nitrogens with zero attached hydrogens (tertiary/aromatic N) is 2. The number of carbonyl (C=O) groups is 3. The third-order valence-corrected chi connectivity index (χ3v) is 14.6. The number of carbonyl (C=O) groups excluding carboxylic acids is 2. The van der Waals surface area contributed by atoms with Gasteiger partial charge in [-0.05, 0) is 55.8 Å². The van der Waals surface area contributed by atoms with Gasteiger partial charge < -0.3 is 48.7 Å². The first-order chi connectivity index (χ1) is 28.2. The predicted molar refractivity (Wildman–Crippen MR) is 211 cm³/mol. The second-order valence-corrected chi connectivity index (χ2v) is 17.5. The fraction of sp³-hybridized carbons (Fsp3) is 0.452. The third kappa shape index (κ3) is 5.20. The Morgan fingerprint density at radius 3 is 2.54 bits per heavy atom. The molecule has 3 aromatic carbocycles. The fourth-order valence-corrected chi connectivity index (χ4v) is 12.6. The number of piperazine rings is 1. The molecule has 1 spiro atoms. The van der Waals surface area contributed by atoms with Gasteiger partial charge in [-0.3, -0.25) is 24.7 Å². The van der Waals surface area contributed by atoms with Crippen molar-refractivity contribution in [2.75, 3.05) is 47.0 Å². The van der Waals surface area contributed by atoms with Crippen LogP contribution in [0.15, 0.2) is 24.3 Å². The highest BCUT2D eigenvalue weighted by atomic mass is 32.2. The van der Waals surface area contributed by atoms with Crippen molar-refractivity contribution in [1.82, 2.24) is 20.1 Å². The van der Waals surface area contributed by atoms with Gasteiger partial charge in [-0.15, -0.1) is 11.8 Å². The number of benzene rings is 3. The number of aromatic nitrogens is 1. The van der Waals surface area contributed by atoms with Crippen LogP contribution in [-0.2, 0) is 37.5 Å². The molecule has 2 saturated heterocycles. The van der Waals surface area contributed by atoms with Crippen LogP contribution in [0, 0.1) is 13.8 Å². The molecular weight excluding hydrogens is 785 g/mol. The molecule has 59 heavy (non-hydrogen) atoms. The van der Waals surface area contributed by atoms with E-state index in [-0.39, 0.29) is 50.0 Å². The maximum absolute atomic E-state index is 15.1. The number of hydrogen-bond donors (Lipinski definition) is 5. The van der Waals surface area contributed by atoms with E-state index in [1.807, 2.05) is 42.0 Å². The number of hydrogen-bond acceptors (Lipinski definition) is 15. The number of ether oxygens (including phenoxy) is 6. The van der Waals surface area contributed by atoms with Crippen molar-refractivity contribution in [3.8, 4) is 34.5 Å². The lowest BCUT2D eigenvalue weighted by molar-refractivity contribution is -0.215. The van der Waals surface area contributed by atoms with Crippen molar-refractivity contribution in [3.63, 3.8) is 0 Å². The van der Waals surface area contributed by atoms with Crippen LogP contribution in [0.4, 0.5) is 0 Å². The van der Waals surface area contributed by atoms with Crippen molar-refractivity contribution >= 4 is 40.6 Å². The van der Waals surface area contributed by atoms with Crippen molar-refractivity contribution in [2.24, 2.45) is 0 Å². The van der Waals surface area contributed by atoms with Crippen molar-refractivity contribution in [2.45, 2.75) is 74.3 Å². The SMILES string of the molecule is COc1ccc2[nH]c3c(c2c1)C[C@@H](C(=O)O)N[C@]31CS[C@@H]2c3c(OC(C)=O)c(C)c4c(c3[C@H](COC1=O)N1[C@@H]2[C@@H]2c3c(cc(C)c(OC)c3O)CC1(O)CN2C)OCO4. The molecule has 8 aliphatic heterocycles. The third-order valence-electron chi connectivity index (χ3n) is 13.1. The molecule has 4 bridgehead atoms. The zero-order valence-electron chi connectivity index (χ0n) is 33.3. The van der Waals surface area contributed by atoms with E-state index in [1.54, 1.807) is 20.1 Å². The number of aromatic amines is 1. The first-order valence-corrected chi connectivity index (χ1v) is 20.5. The maximum Gasteiger partial charge on any atom is 0.333 e. The Balaban J connectivity index is 1.25. The van der Waals surface area contributed by atoms with Gasteiger partial charge in [-0.1, -0.05) is 6.07 Å². The highest BCUT2D eigenvalue weighted by Gasteiger charge is 2.64. The molecule has 0 amide bonds. The zero-order valence-corrected chi connectivity index (χ0v) is 34.1. The summed E-state index contributed by atoms with van der Waals surface area (Å²) in [5.74, 6) is -0.567.